The number of aryl methyl sites for hydroxylation is 1. The Morgan fingerprint density at radius 3 is 2.76 bits per heavy atom. The Labute approximate surface area is 172 Å². The van der Waals surface area contributed by atoms with Crippen LogP contribution in [0.15, 0.2) is 59.1 Å². The van der Waals surface area contributed by atoms with Gasteiger partial charge in [-0.05, 0) is 24.6 Å². The van der Waals surface area contributed by atoms with E-state index in [0.29, 0.717) is 28.7 Å². The van der Waals surface area contributed by atoms with E-state index in [9.17, 15) is 20.2 Å². The van der Waals surface area contributed by atoms with E-state index in [2.05, 4.69) is 17.0 Å². The molecule has 2 aliphatic heterocycles. The van der Waals surface area contributed by atoms with E-state index in [0.717, 1.165) is 11.3 Å². The van der Waals surface area contributed by atoms with E-state index in [4.69, 9.17) is 0 Å². The summed E-state index contributed by atoms with van der Waals surface area (Å²) in [5.74, 6) is -0.137. The van der Waals surface area contributed by atoms with E-state index in [1.54, 1.807) is 23.1 Å². The summed E-state index contributed by atoms with van der Waals surface area (Å²) in [4.78, 5) is 27.7. The Morgan fingerprint density at radius 1 is 1.24 bits per heavy atom. The quantitative estimate of drug-likeness (QED) is 0.562. The van der Waals surface area contributed by atoms with Gasteiger partial charge in [0.25, 0.3) is 5.69 Å². The fourth-order valence-electron chi connectivity index (χ4n) is 3.76. The van der Waals surface area contributed by atoms with Crippen LogP contribution in [0.5, 0.6) is 0 Å². The standard InChI is InChI=1S/C21H18N4O3S/c1-14-5-4-6-15(9-14)23-12-24-20(26)10-17(18(11-22)21(24)29-13-23)16-7-2-3-8-19(16)25(27)28/h2-9,17H,10,12-13H2,1H3/t17-/m0/s1. The van der Waals surface area contributed by atoms with Crippen LogP contribution in [0.3, 0.4) is 0 Å². The molecule has 0 aromatic heterocycles. The molecule has 0 N–H and O–H groups in total. The number of nitro benzene ring substituents is 1. The number of thioether (sulfide) groups is 1. The van der Waals surface area contributed by atoms with Crippen LogP contribution < -0.4 is 4.90 Å². The number of allylic oxidation sites excluding steroid dienone is 1. The Hall–Kier alpha value is -3.31. The number of fused-ring (bicyclic) bond motifs is 1. The predicted octanol–water partition coefficient (Wildman–Crippen LogP) is 4.12. The molecule has 2 aromatic rings. The lowest BCUT2D eigenvalue weighted by molar-refractivity contribution is -0.385. The highest BCUT2D eigenvalue weighted by molar-refractivity contribution is 8.03. The van der Waals surface area contributed by atoms with Crippen molar-refractivity contribution in [3.05, 3.63) is 80.4 Å². The molecular formula is C21H18N4O3S. The molecule has 0 saturated carbocycles. The zero-order chi connectivity index (χ0) is 20.5. The maximum Gasteiger partial charge on any atom is 0.273 e. The van der Waals surface area contributed by atoms with Crippen molar-refractivity contribution in [3.8, 4) is 6.07 Å². The van der Waals surface area contributed by atoms with Crippen molar-refractivity contribution >= 4 is 29.0 Å². The molecule has 1 atom stereocenters. The third-order valence-corrected chi connectivity index (χ3v) is 6.32. The second kappa shape index (κ2) is 7.60. The van der Waals surface area contributed by atoms with Crippen molar-refractivity contribution in [1.29, 1.82) is 5.26 Å². The normalized spacial score (nSPS) is 19.0. The molecule has 7 nitrogen and oxygen atoms in total. The van der Waals surface area contributed by atoms with E-state index in [1.807, 2.05) is 25.1 Å². The first kappa shape index (κ1) is 19.0. The maximum absolute atomic E-state index is 13.0. The number of benzene rings is 2. The van der Waals surface area contributed by atoms with E-state index in [1.165, 1.54) is 17.8 Å². The average Bonchev–Trinajstić information content (AvgIpc) is 2.73. The summed E-state index contributed by atoms with van der Waals surface area (Å²) in [7, 11) is 0. The third kappa shape index (κ3) is 3.45. The topological polar surface area (TPSA) is 90.5 Å². The fraction of sp³-hybridized carbons (Fsp3) is 0.238. The zero-order valence-electron chi connectivity index (χ0n) is 15.7. The number of rotatable bonds is 3. The molecule has 2 aromatic carbocycles. The average molecular weight is 406 g/mol. The summed E-state index contributed by atoms with van der Waals surface area (Å²) >= 11 is 1.42. The molecule has 29 heavy (non-hydrogen) atoms. The van der Waals surface area contributed by atoms with Crippen LogP contribution in [0.1, 0.15) is 23.5 Å². The van der Waals surface area contributed by atoms with Crippen LogP contribution in [-0.4, -0.2) is 28.3 Å². The first-order valence-corrected chi connectivity index (χ1v) is 10.1. The summed E-state index contributed by atoms with van der Waals surface area (Å²) in [6.45, 7) is 2.38. The predicted molar refractivity (Wildman–Crippen MR) is 111 cm³/mol. The lowest BCUT2D eigenvalue weighted by Gasteiger charge is -2.42. The summed E-state index contributed by atoms with van der Waals surface area (Å²) < 4.78 is 0. The third-order valence-electron chi connectivity index (χ3n) is 5.17. The molecular weight excluding hydrogens is 388 g/mol. The van der Waals surface area contributed by atoms with Crippen LogP contribution >= 0.6 is 11.8 Å². The summed E-state index contributed by atoms with van der Waals surface area (Å²) in [6.07, 6.45) is 0.0411. The van der Waals surface area contributed by atoms with Gasteiger partial charge < -0.3 is 4.90 Å². The van der Waals surface area contributed by atoms with Crippen molar-refractivity contribution in [2.75, 3.05) is 17.4 Å². The van der Waals surface area contributed by atoms with Crippen molar-refractivity contribution in [2.45, 2.75) is 19.3 Å². The highest BCUT2D eigenvalue weighted by Gasteiger charge is 2.40. The largest absolute Gasteiger partial charge is 0.344 e. The number of carbonyl (C=O) groups excluding carboxylic acids is 1. The number of hydrogen-bond acceptors (Lipinski definition) is 6. The fourth-order valence-corrected chi connectivity index (χ4v) is 4.93. The van der Waals surface area contributed by atoms with Crippen LogP contribution in [-0.2, 0) is 4.79 Å². The van der Waals surface area contributed by atoms with Gasteiger partial charge in [-0.2, -0.15) is 5.26 Å². The number of nitriles is 1. The van der Waals surface area contributed by atoms with Gasteiger partial charge in [-0.3, -0.25) is 19.8 Å². The van der Waals surface area contributed by atoms with Gasteiger partial charge in [-0.15, -0.1) is 0 Å². The van der Waals surface area contributed by atoms with Crippen molar-refractivity contribution in [1.82, 2.24) is 4.90 Å². The first-order valence-electron chi connectivity index (χ1n) is 9.12. The molecule has 0 radical (unpaired) electrons. The first-order chi connectivity index (χ1) is 14.0. The van der Waals surface area contributed by atoms with Crippen LogP contribution in [0.4, 0.5) is 11.4 Å². The van der Waals surface area contributed by atoms with Crippen molar-refractivity contribution in [2.24, 2.45) is 0 Å². The summed E-state index contributed by atoms with van der Waals surface area (Å²) in [5, 5.41) is 21.9. The summed E-state index contributed by atoms with van der Waals surface area (Å²) in [5.41, 5.74) is 2.93. The van der Waals surface area contributed by atoms with Gasteiger partial charge in [0.15, 0.2) is 0 Å². The molecule has 0 bridgehead atoms. The SMILES string of the molecule is Cc1cccc(N2CSC3=C(C#N)[C@H](c4ccccc4[N+](=O)[O-])CC(=O)N3C2)c1. The second-order valence-corrected chi connectivity index (χ2v) is 7.95. The lowest BCUT2D eigenvalue weighted by Crippen LogP contribution is -2.47. The van der Waals surface area contributed by atoms with Crippen LogP contribution in [0.25, 0.3) is 0 Å². The number of nitrogens with zero attached hydrogens (tertiary/aromatic N) is 4. The minimum absolute atomic E-state index is 0.0411. The second-order valence-electron chi connectivity index (χ2n) is 7.02. The Balaban J connectivity index is 1.71. The minimum atomic E-state index is -0.599. The number of hydrogen-bond donors (Lipinski definition) is 0. The molecule has 2 heterocycles. The Kier molecular flexibility index (Phi) is 4.99. The van der Waals surface area contributed by atoms with E-state index < -0.39 is 10.8 Å². The molecule has 1 saturated heterocycles. The summed E-state index contributed by atoms with van der Waals surface area (Å²) in [6, 6.07) is 16.6. The smallest absolute Gasteiger partial charge is 0.273 e. The molecule has 2 aliphatic rings. The zero-order valence-corrected chi connectivity index (χ0v) is 16.6. The van der Waals surface area contributed by atoms with Gasteiger partial charge in [-0.25, -0.2) is 0 Å². The molecule has 1 fully saturated rings. The van der Waals surface area contributed by atoms with Crippen LogP contribution in [0, 0.1) is 28.4 Å². The molecule has 8 heteroatoms. The highest BCUT2D eigenvalue weighted by Crippen LogP contribution is 2.45. The maximum atomic E-state index is 13.0. The molecule has 1 amide bonds. The van der Waals surface area contributed by atoms with Gasteiger partial charge in [0, 0.05) is 29.7 Å². The van der Waals surface area contributed by atoms with Gasteiger partial charge in [0.05, 0.1) is 34.1 Å². The number of amides is 1. The van der Waals surface area contributed by atoms with Gasteiger partial charge in [0.2, 0.25) is 5.91 Å². The Bertz CT molecular complexity index is 1080. The number of para-hydroxylation sites is 1. The van der Waals surface area contributed by atoms with Gasteiger partial charge in [-0.1, -0.05) is 42.1 Å². The van der Waals surface area contributed by atoms with Crippen LogP contribution in [0.2, 0.25) is 0 Å². The van der Waals surface area contributed by atoms with Gasteiger partial charge >= 0.3 is 0 Å². The number of nitro groups is 1. The lowest BCUT2D eigenvalue weighted by atomic mass is 9.85. The molecule has 0 unspecified atom stereocenters. The van der Waals surface area contributed by atoms with Crippen molar-refractivity contribution < 1.29 is 9.72 Å². The molecule has 146 valence electrons. The molecule has 0 spiro atoms. The molecule has 4 rings (SSSR count). The molecule has 0 aliphatic carbocycles. The Morgan fingerprint density at radius 2 is 2.03 bits per heavy atom. The van der Waals surface area contributed by atoms with E-state index in [-0.39, 0.29) is 18.0 Å². The van der Waals surface area contributed by atoms with Gasteiger partial charge in [0.1, 0.15) is 0 Å². The monoisotopic (exact) mass is 406 g/mol. The van der Waals surface area contributed by atoms with E-state index >= 15 is 0 Å². The minimum Gasteiger partial charge on any atom is -0.344 e. The number of carbonyl (C=O) groups is 1. The highest BCUT2D eigenvalue weighted by atomic mass is 32.2. The number of anilines is 1. The van der Waals surface area contributed by atoms with Crippen molar-refractivity contribution in [3.63, 3.8) is 0 Å².